The molecule has 0 radical (unpaired) electrons. The summed E-state index contributed by atoms with van der Waals surface area (Å²) < 4.78 is 0. The summed E-state index contributed by atoms with van der Waals surface area (Å²) in [4.78, 5) is 4.47. The van der Waals surface area contributed by atoms with E-state index in [4.69, 9.17) is 5.73 Å². The summed E-state index contributed by atoms with van der Waals surface area (Å²) in [7, 11) is 0. The third-order valence-electron chi connectivity index (χ3n) is 4.83. The van der Waals surface area contributed by atoms with Gasteiger partial charge in [-0.05, 0) is 75.4 Å². The van der Waals surface area contributed by atoms with Crippen molar-refractivity contribution in [2.24, 2.45) is 5.41 Å². The number of benzene rings is 1. The summed E-state index contributed by atoms with van der Waals surface area (Å²) in [6, 6.07) is 8.83. The van der Waals surface area contributed by atoms with E-state index in [1.165, 1.54) is 19.3 Å². The van der Waals surface area contributed by atoms with Crippen molar-refractivity contribution in [3.63, 3.8) is 0 Å². The van der Waals surface area contributed by atoms with Gasteiger partial charge in [-0.3, -0.25) is 5.10 Å². The highest BCUT2D eigenvalue weighted by molar-refractivity contribution is 5.96. The Labute approximate surface area is 159 Å². The van der Waals surface area contributed by atoms with Gasteiger partial charge in [-0.15, -0.1) is 0 Å². The molecule has 1 aliphatic carbocycles. The van der Waals surface area contributed by atoms with Gasteiger partial charge in [0.05, 0.1) is 11.1 Å². The smallest absolute Gasteiger partial charge is 0.153 e. The van der Waals surface area contributed by atoms with E-state index in [-0.39, 0.29) is 5.41 Å². The van der Waals surface area contributed by atoms with Crippen LogP contribution in [0.25, 0.3) is 22.0 Å². The minimum absolute atomic E-state index is 0.0789. The number of hydrogen-bond acceptors (Lipinski definition) is 4. The minimum Gasteiger partial charge on any atom is -0.382 e. The van der Waals surface area contributed by atoms with Crippen LogP contribution >= 0.6 is 0 Å². The molecular formula is C22H25N5. The van der Waals surface area contributed by atoms with Crippen molar-refractivity contribution in [3.05, 3.63) is 36.0 Å². The molecule has 0 saturated heterocycles. The second-order valence-electron chi connectivity index (χ2n) is 8.26. The minimum atomic E-state index is -0.0789. The van der Waals surface area contributed by atoms with E-state index < -0.39 is 0 Å². The van der Waals surface area contributed by atoms with Crippen LogP contribution in [0.1, 0.15) is 45.6 Å². The fraction of sp³-hybridized carbons (Fsp3) is 0.364. The maximum atomic E-state index is 6.08. The van der Waals surface area contributed by atoms with Crippen LogP contribution in [0.5, 0.6) is 0 Å². The monoisotopic (exact) mass is 359 g/mol. The summed E-state index contributed by atoms with van der Waals surface area (Å²) in [5, 5.41) is 11.6. The lowest BCUT2D eigenvalue weighted by molar-refractivity contribution is 0.444. The molecule has 0 aliphatic heterocycles. The zero-order chi connectivity index (χ0) is 19.0. The molecule has 138 valence electrons. The molecule has 3 aromatic rings. The number of anilines is 2. The Morgan fingerprint density at radius 2 is 2.00 bits per heavy atom. The Hall–Kier alpha value is -3.00. The lowest BCUT2D eigenvalue weighted by atomic mass is 9.93. The van der Waals surface area contributed by atoms with E-state index >= 15 is 0 Å². The van der Waals surface area contributed by atoms with Crippen LogP contribution in [0.2, 0.25) is 0 Å². The average molecular weight is 359 g/mol. The molecule has 27 heavy (non-hydrogen) atoms. The van der Waals surface area contributed by atoms with Crippen molar-refractivity contribution < 1.29 is 0 Å². The van der Waals surface area contributed by atoms with Crippen molar-refractivity contribution in [1.29, 1.82) is 0 Å². The number of H-pyrrole nitrogens is 1. The SMILES string of the molecule is CC(C)(C)C#Cc1cc(-c2ccnc(NC3CCC3)c2)cc2c(N)n[nH]c12. The number of pyridine rings is 1. The third kappa shape index (κ3) is 3.75. The van der Waals surface area contributed by atoms with Gasteiger partial charge in [0.25, 0.3) is 0 Å². The molecule has 0 bridgehead atoms. The first kappa shape index (κ1) is 17.4. The first-order valence-corrected chi connectivity index (χ1v) is 9.43. The number of fused-ring (bicyclic) bond motifs is 1. The first-order chi connectivity index (χ1) is 12.9. The van der Waals surface area contributed by atoms with Crippen LogP contribution in [0.15, 0.2) is 30.5 Å². The van der Waals surface area contributed by atoms with E-state index in [2.05, 4.69) is 71.3 Å². The highest BCUT2D eigenvalue weighted by Crippen LogP contribution is 2.31. The highest BCUT2D eigenvalue weighted by Gasteiger charge is 2.17. The number of nitrogens with zero attached hydrogens (tertiary/aromatic N) is 2. The Morgan fingerprint density at radius 1 is 1.19 bits per heavy atom. The van der Waals surface area contributed by atoms with Crippen LogP contribution in [0.4, 0.5) is 11.6 Å². The molecule has 5 heteroatoms. The number of hydrogen-bond donors (Lipinski definition) is 3. The summed E-state index contributed by atoms with van der Waals surface area (Å²) in [5.74, 6) is 8.03. The molecule has 2 aromatic heterocycles. The number of nitrogens with two attached hydrogens (primary N) is 1. The predicted octanol–water partition coefficient (Wildman–Crippen LogP) is 4.57. The van der Waals surface area contributed by atoms with Crippen LogP contribution < -0.4 is 11.1 Å². The van der Waals surface area contributed by atoms with E-state index in [1.54, 1.807) is 0 Å². The number of aromatic amines is 1. The van der Waals surface area contributed by atoms with Gasteiger partial charge in [0, 0.05) is 23.0 Å². The lowest BCUT2D eigenvalue weighted by Gasteiger charge is -2.27. The molecule has 0 amide bonds. The van der Waals surface area contributed by atoms with Gasteiger partial charge in [-0.1, -0.05) is 11.8 Å². The predicted molar refractivity (Wildman–Crippen MR) is 111 cm³/mol. The van der Waals surface area contributed by atoms with Gasteiger partial charge in [0.15, 0.2) is 5.82 Å². The zero-order valence-corrected chi connectivity index (χ0v) is 16.1. The van der Waals surface area contributed by atoms with Crippen molar-refractivity contribution in [2.75, 3.05) is 11.1 Å². The molecule has 0 atom stereocenters. The van der Waals surface area contributed by atoms with E-state index in [0.717, 1.165) is 33.4 Å². The summed E-state index contributed by atoms with van der Waals surface area (Å²) >= 11 is 0. The normalized spacial score (nSPS) is 14.5. The Kier molecular flexibility index (Phi) is 4.27. The third-order valence-corrected chi connectivity index (χ3v) is 4.83. The molecule has 4 rings (SSSR count). The van der Waals surface area contributed by atoms with Gasteiger partial charge in [-0.2, -0.15) is 5.10 Å². The van der Waals surface area contributed by atoms with Crippen LogP contribution in [0.3, 0.4) is 0 Å². The van der Waals surface area contributed by atoms with Gasteiger partial charge in [0.1, 0.15) is 5.82 Å². The zero-order valence-electron chi connectivity index (χ0n) is 16.1. The second-order valence-corrected chi connectivity index (χ2v) is 8.26. The quantitative estimate of drug-likeness (QED) is 0.599. The van der Waals surface area contributed by atoms with Crippen LogP contribution in [0, 0.1) is 17.3 Å². The van der Waals surface area contributed by atoms with Gasteiger partial charge >= 0.3 is 0 Å². The number of aromatic nitrogens is 3. The van der Waals surface area contributed by atoms with E-state index in [0.29, 0.717) is 11.9 Å². The maximum absolute atomic E-state index is 6.08. The number of nitrogens with one attached hydrogen (secondary N) is 2. The van der Waals surface area contributed by atoms with Crippen LogP contribution in [-0.4, -0.2) is 21.2 Å². The molecule has 0 spiro atoms. The first-order valence-electron chi connectivity index (χ1n) is 9.43. The Bertz CT molecular complexity index is 1040. The Balaban J connectivity index is 1.78. The maximum Gasteiger partial charge on any atom is 0.153 e. The van der Waals surface area contributed by atoms with E-state index in [1.807, 2.05) is 12.3 Å². The number of rotatable bonds is 3. The molecule has 1 aliphatic rings. The molecule has 1 saturated carbocycles. The van der Waals surface area contributed by atoms with Crippen molar-refractivity contribution in [3.8, 4) is 23.0 Å². The van der Waals surface area contributed by atoms with Gasteiger partial charge in [-0.25, -0.2) is 4.98 Å². The molecule has 1 aromatic carbocycles. The lowest BCUT2D eigenvalue weighted by Crippen LogP contribution is -2.27. The Morgan fingerprint density at radius 3 is 2.70 bits per heavy atom. The van der Waals surface area contributed by atoms with Crippen molar-refractivity contribution in [1.82, 2.24) is 15.2 Å². The standard InChI is InChI=1S/C22H25N5/c1-22(2,3)9-7-15-11-16(12-18-20(15)26-27-21(18)23)14-8-10-24-19(13-14)25-17-5-4-6-17/h8,10-13,17H,4-6H2,1-3H3,(H,24,25)(H3,23,26,27). The van der Waals surface area contributed by atoms with Crippen LogP contribution in [-0.2, 0) is 0 Å². The van der Waals surface area contributed by atoms with Gasteiger partial charge < -0.3 is 11.1 Å². The summed E-state index contributed by atoms with van der Waals surface area (Å²) in [6.45, 7) is 6.30. The molecule has 4 N–H and O–H groups in total. The molecule has 5 nitrogen and oxygen atoms in total. The molecular weight excluding hydrogens is 334 g/mol. The fourth-order valence-electron chi connectivity index (χ4n) is 3.11. The fourth-order valence-corrected chi connectivity index (χ4v) is 3.11. The topological polar surface area (TPSA) is 79.6 Å². The van der Waals surface area contributed by atoms with Crippen molar-refractivity contribution in [2.45, 2.75) is 46.1 Å². The van der Waals surface area contributed by atoms with Crippen molar-refractivity contribution >= 4 is 22.5 Å². The largest absolute Gasteiger partial charge is 0.382 e. The van der Waals surface area contributed by atoms with E-state index in [9.17, 15) is 0 Å². The molecule has 1 fully saturated rings. The number of nitrogen functional groups attached to an aromatic ring is 1. The summed E-state index contributed by atoms with van der Waals surface area (Å²) in [6.07, 6.45) is 5.58. The molecule has 0 unspecified atom stereocenters. The summed E-state index contributed by atoms with van der Waals surface area (Å²) in [5.41, 5.74) is 9.95. The second kappa shape index (κ2) is 6.62. The molecule has 2 heterocycles. The highest BCUT2D eigenvalue weighted by atomic mass is 15.1. The van der Waals surface area contributed by atoms with Gasteiger partial charge in [0.2, 0.25) is 0 Å². The average Bonchev–Trinajstić information content (AvgIpc) is 2.97.